The summed E-state index contributed by atoms with van der Waals surface area (Å²) in [5.41, 5.74) is 1.50. The first-order valence-electron chi connectivity index (χ1n) is 5.92. The third-order valence-electron chi connectivity index (χ3n) is 2.51. The summed E-state index contributed by atoms with van der Waals surface area (Å²) in [6.45, 7) is 5.08. The van der Waals surface area contributed by atoms with Crippen LogP contribution in [0, 0.1) is 6.92 Å². The number of nitrogens with zero attached hydrogens (tertiary/aromatic N) is 3. The minimum absolute atomic E-state index is 0.0573. The van der Waals surface area contributed by atoms with Crippen molar-refractivity contribution in [2.45, 2.75) is 20.4 Å². The molecule has 5 heteroatoms. The van der Waals surface area contributed by atoms with Crippen molar-refractivity contribution in [3.05, 3.63) is 52.3 Å². The van der Waals surface area contributed by atoms with Crippen LogP contribution in [-0.4, -0.2) is 21.1 Å². The highest BCUT2D eigenvalue weighted by molar-refractivity contribution is 5.35. The van der Waals surface area contributed by atoms with Gasteiger partial charge >= 0.3 is 0 Å². The zero-order valence-electron chi connectivity index (χ0n) is 10.6. The molecule has 2 aromatic rings. The largest absolute Gasteiger partial charge is 0.370 e. The maximum absolute atomic E-state index is 11.7. The lowest BCUT2D eigenvalue weighted by Crippen LogP contribution is -2.21. The molecule has 0 bridgehead atoms. The molecule has 0 fully saturated rings. The second-order valence-corrected chi connectivity index (χ2v) is 4.04. The van der Waals surface area contributed by atoms with Crippen LogP contribution in [-0.2, 0) is 6.54 Å². The number of pyridine rings is 1. The quantitative estimate of drug-likeness (QED) is 0.883. The van der Waals surface area contributed by atoms with Crippen molar-refractivity contribution in [2.75, 3.05) is 11.9 Å². The summed E-state index contributed by atoms with van der Waals surface area (Å²) in [6.07, 6.45) is 1.55. The fourth-order valence-electron chi connectivity index (χ4n) is 1.66. The van der Waals surface area contributed by atoms with Gasteiger partial charge in [0.1, 0.15) is 5.82 Å². The summed E-state index contributed by atoms with van der Waals surface area (Å²) < 4.78 is 1.55. The molecular weight excluding hydrogens is 228 g/mol. The van der Waals surface area contributed by atoms with Gasteiger partial charge in [-0.15, -0.1) is 0 Å². The molecule has 18 heavy (non-hydrogen) atoms. The van der Waals surface area contributed by atoms with Crippen LogP contribution in [0.5, 0.6) is 0 Å². The number of anilines is 1. The fourth-order valence-corrected chi connectivity index (χ4v) is 1.66. The molecule has 2 rings (SSSR count). The number of aryl methyl sites for hydroxylation is 1. The molecule has 0 saturated carbocycles. The lowest BCUT2D eigenvalue weighted by Gasteiger charge is -2.07. The summed E-state index contributed by atoms with van der Waals surface area (Å²) in [6, 6.07) is 7.25. The monoisotopic (exact) mass is 244 g/mol. The topological polar surface area (TPSA) is 59.8 Å². The van der Waals surface area contributed by atoms with Crippen LogP contribution in [0.25, 0.3) is 0 Å². The van der Waals surface area contributed by atoms with E-state index in [-0.39, 0.29) is 5.56 Å². The molecule has 2 heterocycles. The second-order valence-electron chi connectivity index (χ2n) is 4.04. The van der Waals surface area contributed by atoms with Gasteiger partial charge in [-0.2, -0.15) is 0 Å². The Hall–Kier alpha value is -2.17. The van der Waals surface area contributed by atoms with Gasteiger partial charge in [0.25, 0.3) is 5.56 Å². The van der Waals surface area contributed by atoms with Crippen LogP contribution in [0.15, 0.2) is 35.4 Å². The normalized spacial score (nSPS) is 10.3. The van der Waals surface area contributed by atoms with E-state index >= 15 is 0 Å². The smallest absolute Gasteiger partial charge is 0.253 e. The van der Waals surface area contributed by atoms with Crippen LogP contribution < -0.4 is 10.9 Å². The van der Waals surface area contributed by atoms with Crippen molar-refractivity contribution >= 4 is 5.82 Å². The van der Waals surface area contributed by atoms with Gasteiger partial charge < -0.3 is 5.32 Å². The Morgan fingerprint density at radius 3 is 2.94 bits per heavy atom. The molecule has 0 amide bonds. The number of rotatable bonds is 4. The van der Waals surface area contributed by atoms with E-state index in [2.05, 4.69) is 15.3 Å². The van der Waals surface area contributed by atoms with E-state index in [0.29, 0.717) is 6.54 Å². The second kappa shape index (κ2) is 5.44. The summed E-state index contributed by atoms with van der Waals surface area (Å²) >= 11 is 0. The van der Waals surface area contributed by atoms with E-state index in [1.54, 1.807) is 17.8 Å². The van der Waals surface area contributed by atoms with Gasteiger partial charge in [0.15, 0.2) is 0 Å². The highest BCUT2D eigenvalue weighted by atomic mass is 16.1. The molecule has 0 aliphatic rings. The first-order chi connectivity index (χ1) is 8.69. The van der Waals surface area contributed by atoms with Gasteiger partial charge in [-0.05, 0) is 26.0 Å². The number of aromatic nitrogens is 3. The van der Waals surface area contributed by atoms with Crippen LogP contribution in [0.3, 0.4) is 0 Å². The SMILES string of the molecule is CCNc1cccc(Cn2cnc(C)cc2=O)n1. The number of nitrogens with one attached hydrogen (secondary N) is 1. The lowest BCUT2D eigenvalue weighted by molar-refractivity contribution is 0.714. The first kappa shape index (κ1) is 12.3. The van der Waals surface area contributed by atoms with E-state index in [1.165, 1.54) is 6.07 Å². The first-order valence-corrected chi connectivity index (χ1v) is 5.92. The van der Waals surface area contributed by atoms with E-state index in [4.69, 9.17) is 0 Å². The average Bonchev–Trinajstić information content (AvgIpc) is 2.34. The Labute approximate surface area is 106 Å². The molecule has 0 radical (unpaired) electrons. The minimum atomic E-state index is -0.0573. The molecule has 0 unspecified atom stereocenters. The van der Waals surface area contributed by atoms with E-state index in [0.717, 1.165) is 23.8 Å². The summed E-state index contributed by atoms with van der Waals surface area (Å²) in [5, 5.41) is 3.14. The Bertz CT molecular complexity index is 592. The zero-order valence-corrected chi connectivity index (χ0v) is 10.6. The van der Waals surface area contributed by atoms with E-state index < -0.39 is 0 Å². The molecule has 2 aromatic heterocycles. The molecule has 0 aliphatic heterocycles. The highest BCUT2D eigenvalue weighted by Crippen LogP contribution is 2.05. The van der Waals surface area contributed by atoms with Crippen LogP contribution in [0.4, 0.5) is 5.82 Å². The zero-order chi connectivity index (χ0) is 13.0. The van der Waals surface area contributed by atoms with E-state index in [1.807, 2.05) is 25.1 Å². The molecule has 5 nitrogen and oxygen atoms in total. The van der Waals surface area contributed by atoms with Crippen LogP contribution in [0.1, 0.15) is 18.3 Å². The van der Waals surface area contributed by atoms with Crippen molar-refractivity contribution < 1.29 is 0 Å². The average molecular weight is 244 g/mol. The summed E-state index contributed by atoms with van der Waals surface area (Å²) in [4.78, 5) is 20.3. The molecule has 94 valence electrons. The molecule has 0 saturated heterocycles. The predicted molar refractivity (Wildman–Crippen MR) is 70.7 cm³/mol. The van der Waals surface area contributed by atoms with Crippen molar-refractivity contribution in [1.82, 2.24) is 14.5 Å². The van der Waals surface area contributed by atoms with Gasteiger partial charge in [0.05, 0.1) is 18.6 Å². The Morgan fingerprint density at radius 2 is 2.22 bits per heavy atom. The number of hydrogen-bond acceptors (Lipinski definition) is 4. The van der Waals surface area contributed by atoms with Crippen LogP contribution in [0.2, 0.25) is 0 Å². The standard InChI is InChI=1S/C13H16N4O/c1-3-14-12-6-4-5-11(16-12)8-17-9-15-10(2)7-13(17)18/h4-7,9H,3,8H2,1-2H3,(H,14,16). The number of hydrogen-bond donors (Lipinski definition) is 1. The third kappa shape index (κ3) is 2.94. The Morgan fingerprint density at radius 1 is 1.39 bits per heavy atom. The van der Waals surface area contributed by atoms with Crippen molar-refractivity contribution in [3.8, 4) is 0 Å². The molecule has 0 aromatic carbocycles. The van der Waals surface area contributed by atoms with Crippen molar-refractivity contribution in [1.29, 1.82) is 0 Å². The fraction of sp³-hybridized carbons (Fsp3) is 0.308. The van der Waals surface area contributed by atoms with Gasteiger partial charge in [-0.3, -0.25) is 9.36 Å². The van der Waals surface area contributed by atoms with Gasteiger partial charge in [-0.25, -0.2) is 9.97 Å². The Balaban J connectivity index is 2.23. The van der Waals surface area contributed by atoms with E-state index in [9.17, 15) is 4.79 Å². The maximum atomic E-state index is 11.7. The van der Waals surface area contributed by atoms with Gasteiger partial charge in [0.2, 0.25) is 0 Å². The van der Waals surface area contributed by atoms with Crippen molar-refractivity contribution in [3.63, 3.8) is 0 Å². The van der Waals surface area contributed by atoms with Gasteiger partial charge in [0, 0.05) is 18.3 Å². The lowest BCUT2D eigenvalue weighted by atomic mass is 10.3. The molecule has 0 aliphatic carbocycles. The summed E-state index contributed by atoms with van der Waals surface area (Å²) in [7, 11) is 0. The maximum Gasteiger partial charge on any atom is 0.253 e. The predicted octanol–water partition coefficient (Wildman–Crippen LogP) is 1.43. The summed E-state index contributed by atoms with van der Waals surface area (Å²) in [5.74, 6) is 0.822. The van der Waals surface area contributed by atoms with Crippen LogP contribution >= 0.6 is 0 Å². The van der Waals surface area contributed by atoms with Gasteiger partial charge in [-0.1, -0.05) is 6.07 Å². The molecular formula is C13H16N4O. The minimum Gasteiger partial charge on any atom is -0.370 e. The molecule has 1 N–H and O–H groups in total. The van der Waals surface area contributed by atoms with Crippen molar-refractivity contribution in [2.24, 2.45) is 0 Å². The Kier molecular flexibility index (Phi) is 3.72. The highest BCUT2D eigenvalue weighted by Gasteiger charge is 2.01. The molecule has 0 spiro atoms. The third-order valence-corrected chi connectivity index (χ3v) is 2.51. The molecule has 0 atom stereocenters.